The minimum Gasteiger partial charge on any atom is -0.378 e. The lowest BCUT2D eigenvalue weighted by Gasteiger charge is -2.37. The summed E-state index contributed by atoms with van der Waals surface area (Å²) < 4.78 is 0. The quantitative estimate of drug-likeness (QED) is 0.483. The summed E-state index contributed by atoms with van der Waals surface area (Å²) >= 11 is 0. The molecule has 1 saturated heterocycles. The van der Waals surface area contributed by atoms with Gasteiger partial charge in [-0.3, -0.25) is 9.59 Å². The van der Waals surface area contributed by atoms with E-state index in [-0.39, 0.29) is 35.5 Å². The molecule has 1 aromatic rings. The molecule has 0 unspecified atom stereocenters. The van der Waals surface area contributed by atoms with Gasteiger partial charge >= 0.3 is 0 Å². The predicted molar refractivity (Wildman–Crippen MR) is 94.9 cm³/mol. The second kappa shape index (κ2) is 5.04. The summed E-state index contributed by atoms with van der Waals surface area (Å²) in [6.45, 7) is 0. The van der Waals surface area contributed by atoms with Crippen molar-refractivity contribution >= 4 is 23.7 Å². The number of imide groups is 1. The zero-order valence-corrected chi connectivity index (χ0v) is 14.4. The second-order valence-electron chi connectivity index (χ2n) is 7.87. The van der Waals surface area contributed by atoms with Gasteiger partial charge in [0.25, 0.3) is 11.8 Å². The highest BCUT2D eigenvalue weighted by molar-refractivity contribution is 6.06. The molecule has 128 valence electrons. The molecule has 0 aromatic heterocycles. The normalized spacial score (nSPS) is 37.6. The van der Waals surface area contributed by atoms with E-state index in [1.807, 2.05) is 43.3 Å². The van der Waals surface area contributed by atoms with E-state index in [4.69, 9.17) is 0 Å². The van der Waals surface area contributed by atoms with Crippen LogP contribution in [0, 0.1) is 35.5 Å². The largest absolute Gasteiger partial charge is 0.378 e. The fraction of sp³-hybridized carbons (Fsp3) is 0.450. The van der Waals surface area contributed by atoms with Gasteiger partial charge in [0.2, 0.25) is 0 Å². The molecule has 5 nitrogen and oxygen atoms in total. The molecule has 2 saturated carbocycles. The maximum Gasteiger partial charge on any atom is 0.254 e. The van der Waals surface area contributed by atoms with E-state index in [1.54, 1.807) is 6.21 Å². The van der Waals surface area contributed by atoms with Crippen molar-refractivity contribution in [3.05, 3.63) is 42.0 Å². The van der Waals surface area contributed by atoms with Gasteiger partial charge < -0.3 is 4.90 Å². The summed E-state index contributed by atoms with van der Waals surface area (Å²) in [5.74, 6) is 1.15. The molecular formula is C20H21N3O2. The molecule has 4 aliphatic carbocycles. The van der Waals surface area contributed by atoms with Gasteiger partial charge in [-0.2, -0.15) is 10.1 Å². The number of hydrogen-bond acceptors (Lipinski definition) is 4. The molecule has 0 spiro atoms. The summed E-state index contributed by atoms with van der Waals surface area (Å²) in [6, 6.07) is 7.87. The lowest BCUT2D eigenvalue weighted by molar-refractivity contribution is -0.140. The van der Waals surface area contributed by atoms with Crippen LogP contribution in [0.3, 0.4) is 0 Å². The third-order valence-electron chi connectivity index (χ3n) is 6.37. The summed E-state index contributed by atoms with van der Waals surface area (Å²) in [4.78, 5) is 27.7. The van der Waals surface area contributed by atoms with Crippen LogP contribution in [0.5, 0.6) is 0 Å². The number of carbonyl (C=O) groups is 2. The maximum absolute atomic E-state index is 12.8. The first kappa shape index (κ1) is 14.9. The Balaban J connectivity index is 1.39. The Morgan fingerprint density at radius 2 is 1.56 bits per heavy atom. The summed E-state index contributed by atoms with van der Waals surface area (Å²) in [7, 11) is 3.97. The van der Waals surface area contributed by atoms with E-state index in [9.17, 15) is 9.59 Å². The van der Waals surface area contributed by atoms with Gasteiger partial charge in [0, 0.05) is 19.8 Å². The van der Waals surface area contributed by atoms with Gasteiger partial charge in [-0.1, -0.05) is 24.3 Å². The Labute approximate surface area is 147 Å². The fourth-order valence-electron chi connectivity index (χ4n) is 5.04. The zero-order chi connectivity index (χ0) is 17.3. The minimum atomic E-state index is -0.181. The molecule has 0 N–H and O–H groups in total. The van der Waals surface area contributed by atoms with Gasteiger partial charge in [0.05, 0.1) is 18.1 Å². The van der Waals surface area contributed by atoms with Crippen LogP contribution in [0.4, 0.5) is 5.69 Å². The molecule has 5 aliphatic rings. The maximum atomic E-state index is 12.8. The van der Waals surface area contributed by atoms with E-state index < -0.39 is 0 Å². The van der Waals surface area contributed by atoms with Gasteiger partial charge in [-0.05, 0) is 47.8 Å². The Kier molecular flexibility index (Phi) is 3.00. The van der Waals surface area contributed by atoms with E-state index in [0.717, 1.165) is 16.3 Å². The molecule has 1 aromatic carbocycles. The highest BCUT2D eigenvalue weighted by Crippen LogP contribution is 2.65. The SMILES string of the molecule is CN(C)c1ccc(/C=N\N2C(=O)[C@@H]3[C@@H]4C=C[C@H]([C@@H]5C[C@H]45)[C@H]3C2=O)cc1. The van der Waals surface area contributed by atoms with Crippen molar-refractivity contribution in [2.45, 2.75) is 6.42 Å². The lowest BCUT2D eigenvalue weighted by Crippen LogP contribution is -2.40. The number of anilines is 1. The van der Waals surface area contributed by atoms with Crippen molar-refractivity contribution in [2.75, 3.05) is 19.0 Å². The zero-order valence-electron chi connectivity index (χ0n) is 14.4. The molecule has 2 amide bonds. The lowest BCUT2D eigenvalue weighted by atomic mass is 9.63. The molecule has 6 rings (SSSR count). The van der Waals surface area contributed by atoms with Crippen molar-refractivity contribution in [3.8, 4) is 0 Å². The third-order valence-corrected chi connectivity index (χ3v) is 6.37. The number of benzene rings is 1. The Bertz CT molecular complexity index is 775. The van der Waals surface area contributed by atoms with E-state index in [0.29, 0.717) is 11.8 Å². The average Bonchev–Trinajstić information content (AvgIpc) is 3.39. The van der Waals surface area contributed by atoms with E-state index in [2.05, 4.69) is 17.3 Å². The Morgan fingerprint density at radius 3 is 2.08 bits per heavy atom. The van der Waals surface area contributed by atoms with Crippen molar-refractivity contribution in [1.82, 2.24) is 5.01 Å². The number of allylic oxidation sites excluding steroid dienone is 2. The molecule has 5 heteroatoms. The molecule has 1 heterocycles. The number of nitrogens with zero attached hydrogens (tertiary/aromatic N) is 3. The van der Waals surface area contributed by atoms with Crippen molar-refractivity contribution in [2.24, 2.45) is 40.6 Å². The Morgan fingerprint density at radius 1 is 1.00 bits per heavy atom. The van der Waals surface area contributed by atoms with E-state index >= 15 is 0 Å². The number of rotatable bonds is 3. The van der Waals surface area contributed by atoms with Gasteiger partial charge in [0.1, 0.15) is 0 Å². The summed E-state index contributed by atoms with van der Waals surface area (Å²) in [5, 5.41) is 5.39. The van der Waals surface area contributed by atoms with Crippen LogP contribution in [-0.4, -0.2) is 37.1 Å². The molecular weight excluding hydrogens is 314 g/mol. The first-order valence-electron chi connectivity index (χ1n) is 8.94. The smallest absolute Gasteiger partial charge is 0.254 e. The second-order valence-corrected chi connectivity index (χ2v) is 7.87. The number of carbonyl (C=O) groups excluding carboxylic acids is 2. The number of hydrogen-bond donors (Lipinski definition) is 0. The average molecular weight is 335 g/mol. The monoisotopic (exact) mass is 335 g/mol. The van der Waals surface area contributed by atoms with Crippen molar-refractivity contribution < 1.29 is 9.59 Å². The van der Waals surface area contributed by atoms with Crippen LogP contribution in [0.2, 0.25) is 0 Å². The highest BCUT2D eigenvalue weighted by Gasteiger charge is 2.67. The fourth-order valence-corrected chi connectivity index (χ4v) is 5.04. The number of hydrazone groups is 1. The Hall–Kier alpha value is -2.43. The predicted octanol–water partition coefficient (Wildman–Crippen LogP) is 2.14. The van der Waals surface area contributed by atoms with Gasteiger partial charge in [-0.25, -0.2) is 0 Å². The van der Waals surface area contributed by atoms with E-state index in [1.165, 1.54) is 6.42 Å². The van der Waals surface area contributed by atoms with Crippen LogP contribution in [-0.2, 0) is 9.59 Å². The third kappa shape index (κ3) is 2.04. The van der Waals surface area contributed by atoms with Crippen LogP contribution < -0.4 is 4.90 Å². The van der Waals surface area contributed by atoms with Crippen LogP contribution in [0.15, 0.2) is 41.5 Å². The molecule has 6 atom stereocenters. The van der Waals surface area contributed by atoms with Crippen LogP contribution in [0.1, 0.15) is 12.0 Å². The van der Waals surface area contributed by atoms with Gasteiger partial charge in [-0.15, -0.1) is 0 Å². The van der Waals surface area contributed by atoms with Crippen LogP contribution in [0.25, 0.3) is 0 Å². The minimum absolute atomic E-state index is 0.110. The van der Waals surface area contributed by atoms with Gasteiger partial charge in [0.15, 0.2) is 0 Å². The molecule has 3 fully saturated rings. The number of amides is 2. The molecule has 25 heavy (non-hydrogen) atoms. The van der Waals surface area contributed by atoms with Crippen LogP contribution >= 0.6 is 0 Å². The topological polar surface area (TPSA) is 53.0 Å². The molecule has 1 aliphatic heterocycles. The molecule has 0 radical (unpaired) electrons. The molecule has 2 bridgehead atoms. The highest BCUT2D eigenvalue weighted by atomic mass is 16.2. The summed E-state index contributed by atoms with van der Waals surface area (Å²) in [5.41, 5.74) is 1.98. The van der Waals surface area contributed by atoms with Crippen molar-refractivity contribution in [1.29, 1.82) is 0 Å². The van der Waals surface area contributed by atoms with Crippen molar-refractivity contribution in [3.63, 3.8) is 0 Å². The summed E-state index contributed by atoms with van der Waals surface area (Å²) in [6.07, 6.45) is 7.15. The standard InChI is InChI=1S/C20H21N3O2/c1-22(2)12-5-3-11(4-6-12)10-21-23-19(24)17-13-7-8-14(16-9-15(13)16)18(17)20(23)25/h3-8,10,13-18H,9H2,1-2H3/b21-10-/t13-,14-,15-,16+,17-,18-/m1/s1. The first-order valence-corrected chi connectivity index (χ1v) is 8.94. The first-order chi connectivity index (χ1) is 12.1.